The normalized spacial score (nSPS) is 18.5. The van der Waals surface area contributed by atoms with Gasteiger partial charge < -0.3 is 4.52 Å². The Morgan fingerprint density at radius 1 is 1.36 bits per heavy atom. The molecule has 118 valence electrons. The topological polar surface area (TPSA) is 73.1 Å². The Morgan fingerprint density at radius 2 is 2.09 bits per heavy atom. The molecule has 7 heteroatoms. The summed E-state index contributed by atoms with van der Waals surface area (Å²) in [5, 5.41) is 3.85. The van der Waals surface area contributed by atoms with Crippen LogP contribution in [0.5, 0.6) is 0 Å². The second-order valence-corrected chi connectivity index (χ2v) is 8.74. The van der Waals surface area contributed by atoms with Crippen LogP contribution in [0.15, 0.2) is 22.7 Å². The van der Waals surface area contributed by atoms with Crippen molar-refractivity contribution in [1.82, 2.24) is 10.1 Å². The lowest BCUT2D eigenvalue weighted by Gasteiger charge is -2.17. The van der Waals surface area contributed by atoms with Gasteiger partial charge in [-0.3, -0.25) is 0 Å². The van der Waals surface area contributed by atoms with Gasteiger partial charge in [-0.1, -0.05) is 11.2 Å². The van der Waals surface area contributed by atoms with Crippen molar-refractivity contribution in [3.8, 4) is 0 Å². The molecule has 1 atom stereocenters. The maximum atomic E-state index is 13.3. The fourth-order valence-electron chi connectivity index (χ4n) is 2.63. The first-order valence-corrected chi connectivity index (χ1v) is 8.91. The lowest BCUT2D eigenvalue weighted by molar-refractivity contribution is 0.356. The van der Waals surface area contributed by atoms with Crippen LogP contribution in [0.4, 0.5) is 4.39 Å². The summed E-state index contributed by atoms with van der Waals surface area (Å²) in [5.74, 6) is 0.175. The van der Waals surface area contributed by atoms with Gasteiger partial charge in [-0.05, 0) is 49.9 Å². The first-order chi connectivity index (χ1) is 10.2. The summed E-state index contributed by atoms with van der Waals surface area (Å²) in [6.45, 7) is 3.10. The second kappa shape index (κ2) is 4.87. The Bertz CT molecular complexity index is 827. The van der Waals surface area contributed by atoms with Gasteiger partial charge >= 0.3 is 0 Å². The molecule has 1 aromatic heterocycles. The predicted molar refractivity (Wildman–Crippen MR) is 78.7 cm³/mol. The molecule has 22 heavy (non-hydrogen) atoms. The van der Waals surface area contributed by atoms with Gasteiger partial charge in [0.25, 0.3) is 0 Å². The van der Waals surface area contributed by atoms with E-state index in [2.05, 4.69) is 10.1 Å². The quantitative estimate of drug-likeness (QED) is 0.867. The highest BCUT2D eigenvalue weighted by atomic mass is 32.2. The summed E-state index contributed by atoms with van der Waals surface area (Å²) in [6, 6.07) is 4.66. The van der Waals surface area contributed by atoms with E-state index >= 15 is 0 Å². The zero-order valence-corrected chi connectivity index (χ0v) is 13.4. The predicted octanol–water partition coefficient (Wildman–Crippen LogP) is 2.57. The molecule has 1 aromatic carbocycles. The molecular weight excluding hydrogens is 307 g/mol. The molecule has 0 saturated carbocycles. The van der Waals surface area contributed by atoms with E-state index in [0.717, 1.165) is 30.2 Å². The van der Waals surface area contributed by atoms with Crippen molar-refractivity contribution in [3.63, 3.8) is 0 Å². The number of halogens is 1. The summed E-state index contributed by atoms with van der Waals surface area (Å²) in [5.41, 5.74) is 1.90. The van der Waals surface area contributed by atoms with E-state index in [1.54, 1.807) is 19.9 Å². The maximum Gasteiger partial charge on any atom is 0.234 e. The molecule has 1 aliphatic carbocycles. The lowest BCUT2D eigenvalue weighted by Crippen LogP contribution is -2.29. The first-order valence-electron chi connectivity index (χ1n) is 7.02. The van der Waals surface area contributed by atoms with Crippen LogP contribution in [0, 0.1) is 5.82 Å². The van der Waals surface area contributed by atoms with Crippen molar-refractivity contribution in [2.45, 2.75) is 37.4 Å². The number of benzene rings is 1. The molecule has 3 rings (SSSR count). The number of hydrogen-bond donors (Lipinski definition) is 0. The van der Waals surface area contributed by atoms with Gasteiger partial charge in [-0.25, -0.2) is 12.8 Å². The number of fused-ring (bicyclic) bond motifs is 1. The van der Waals surface area contributed by atoms with Gasteiger partial charge in [-0.2, -0.15) is 4.98 Å². The minimum absolute atomic E-state index is 0.104. The number of sulfone groups is 1. The van der Waals surface area contributed by atoms with Crippen molar-refractivity contribution >= 4 is 9.84 Å². The smallest absolute Gasteiger partial charge is 0.234 e. The third-order valence-corrected chi connectivity index (χ3v) is 6.42. The van der Waals surface area contributed by atoms with Gasteiger partial charge in [0.2, 0.25) is 5.89 Å². The van der Waals surface area contributed by atoms with E-state index in [4.69, 9.17) is 4.52 Å². The SMILES string of the molecule is CC(C)(c1noc(C2CCc3cc(F)ccc32)n1)S(C)(=O)=O. The van der Waals surface area contributed by atoms with E-state index < -0.39 is 14.6 Å². The molecule has 1 unspecified atom stereocenters. The highest BCUT2D eigenvalue weighted by molar-refractivity contribution is 7.91. The highest BCUT2D eigenvalue weighted by Crippen LogP contribution is 2.38. The van der Waals surface area contributed by atoms with Crippen molar-refractivity contribution < 1.29 is 17.3 Å². The number of aryl methyl sites for hydroxylation is 1. The fourth-order valence-corrected chi connectivity index (χ4v) is 3.04. The third-order valence-electron chi connectivity index (χ3n) is 4.39. The fraction of sp³-hybridized carbons (Fsp3) is 0.467. The summed E-state index contributed by atoms with van der Waals surface area (Å²) in [7, 11) is -3.37. The third kappa shape index (κ3) is 2.33. The van der Waals surface area contributed by atoms with Gasteiger partial charge in [0.15, 0.2) is 15.7 Å². The van der Waals surface area contributed by atoms with Crippen LogP contribution in [0.25, 0.3) is 0 Å². The molecule has 1 aliphatic rings. The van der Waals surface area contributed by atoms with Crippen molar-refractivity contribution in [2.24, 2.45) is 0 Å². The molecule has 0 aliphatic heterocycles. The molecule has 5 nitrogen and oxygen atoms in total. The highest BCUT2D eigenvalue weighted by Gasteiger charge is 2.39. The zero-order chi connectivity index (χ0) is 16.1. The summed E-state index contributed by atoms with van der Waals surface area (Å²) >= 11 is 0. The molecular formula is C15H17FN2O3S. The average Bonchev–Trinajstić information content (AvgIpc) is 3.02. The molecule has 0 radical (unpaired) electrons. The molecule has 2 aromatic rings. The Labute approximate surface area is 128 Å². The molecule has 0 saturated heterocycles. The van der Waals surface area contributed by atoms with E-state index in [1.807, 2.05) is 0 Å². The van der Waals surface area contributed by atoms with Crippen LogP contribution in [0.2, 0.25) is 0 Å². The monoisotopic (exact) mass is 324 g/mol. The van der Waals surface area contributed by atoms with Crippen LogP contribution in [0.1, 0.15) is 49.0 Å². The number of rotatable bonds is 3. The zero-order valence-electron chi connectivity index (χ0n) is 12.6. The van der Waals surface area contributed by atoms with Crippen LogP contribution >= 0.6 is 0 Å². The van der Waals surface area contributed by atoms with E-state index in [0.29, 0.717) is 5.89 Å². The Kier molecular flexibility index (Phi) is 3.36. The Balaban J connectivity index is 1.97. The summed E-state index contributed by atoms with van der Waals surface area (Å²) in [6.07, 6.45) is 2.64. The minimum atomic E-state index is -3.37. The number of hydrogen-bond acceptors (Lipinski definition) is 5. The molecule has 0 fully saturated rings. The Hall–Kier alpha value is -1.76. The van der Waals surface area contributed by atoms with Crippen molar-refractivity contribution in [1.29, 1.82) is 0 Å². The number of aromatic nitrogens is 2. The van der Waals surface area contributed by atoms with Crippen LogP contribution in [0.3, 0.4) is 0 Å². The van der Waals surface area contributed by atoms with Crippen LogP contribution < -0.4 is 0 Å². The molecule has 0 spiro atoms. The van der Waals surface area contributed by atoms with Gasteiger partial charge in [-0.15, -0.1) is 0 Å². The van der Waals surface area contributed by atoms with Gasteiger partial charge in [0.05, 0.1) is 5.92 Å². The van der Waals surface area contributed by atoms with E-state index in [9.17, 15) is 12.8 Å². The van der Waals surface area contributed by atoms with Crippen LogP contribution in [-0.4, -0.2) is 24.8 Å². The average molecular weight is 324 g/mol. The van der Waals surface area contributed by atoms with Crippen molar-refractivity contribution in [2.75, 3.05) is 6.26 Å². The largest absolute Gasteiger partial charge is 0.339 e. The van der Waals surface area contributed by atoms with Gasteiger partial charge in [0.1, 0.15) is 10.6 Å². The first kappa shape index (κ1) is 15.1. The molecule has 0 bridgehead atoms. The van der Waals surface area contributed by atoms with Crippen molar-refractivity contribution in [3.05, 3.63) is 46.9 Å². The summed E-state index contributed by atoms with van der Waals surface area (Å²) in [4.78, 5) is 4.30. The molecule has 0 amide bonds. The molecule has 1 heterocycles. The maximum absolute atomic E-state index is 13.3. The number of nitrogens with zero attached hydrogens (tertiary/aromatic N) is 2. The van der Waals surface area contributed by atoms with Crippen LogP contribution in [-0.2, 0) is 21.0 Å². The standard InChI is InChI=1S/C15H17FN2O3S/c1-15(2,22(3,19)20)14-17-13(21-18-14)12-6-4-9-8-10(16)5-7-11(9)12/h5,7-8,12H,4,6H2,1-3H3. The van der Waals surface area contributed by atoms with E-state index in [-0.39, 0.29) is 17.6 Å². The lowest BCUT2D eigenvalue weighted by atomic mass is 10.0. The molecule has 0 N–H and O–H groups in total. The minimum Gasteiger partial charge on any atom is -0.339 e. The summed E-state index contributed by atoms with van der Waals surface area (Å²) < 4.78 is 41.1. The Morgan fingerprint density at radius 3 is 2.77 bits per heavy atom. The second-order valence-electron chi connectivity index (χ2n) is 6.17. The van der Waals surface area contributed by atoms with E-state index in [1.165, 1.54) is 12.1 Å². The van der Waals surface area contributed by atoms with Gasteiger partial charge in [0, 0.05) is 6.26 Å².